The van der Waals surface area contributed by atoms with Crippen molar-refractivity contribution in [3.63, 3.8) is 0 Å². The van der Waals surface area contributed by atoms with E-state index in [2.05, 4.69) is 5.32 Å². The summed E-state index contributed by atoms with van der Waals surface area (Å²) in [6.07, 6.45) is 0. The van der Waals surface area contributed by atoms with E-state index in [1.165, 1.54) is 11.8 Å². The fourth-order valence-electron chi connectivity index (χ4n) is 2.58. The molecule has 0 unspecified atom stereocenters. The SMILES string of the molecule is CC(=O)N(CC(=O)NCc1ccc2c(c1)OCO2)c1cccc(C#N)c1. The van der Waals surface area contributed by atoms with Gasteiger partial charge in [-0.2, -0.15) is 5.26 Å². The number of carbonyl (C=O) groups is 2. The molecule has 0 saturated carbocycles. The lowest BCUT2D eigenvalue weighted by atomic mass is 10.2. The molecule has 0 aliphatic carbocycles. The molecule has 2 aromatic carbocycles. The highest BCUT2D eigenvalue weighted by molar-refractivity contribution is 5.97. The molecular weight excluding hydrogens is 334 g/mol. The second-order valence-electron chi connectivity index (χ2n) is 5.73. The van der Waals surface area contributed by atoms with Gasteiger partial charge in [-0.15, -0.1) is 0 Å². The van der Waals surface area contributed by atoms with Crippen molar-refractivity contribution in [3.8, 4) is 17.6 Å². The minimum absolute atomic E-state index is 0.130. The summed E-state index contributed by atoms with van der Waals surface area (Å²) in [7, 11) is 0. The molecule has 7 nitrogen and oxygen atoms in total. The van der Waals surface area contributed by atoms with E-state index in [4.69, 9.17) is 14.7 Å². The van der Waals surface area contributed by atoms with Crippen molar-refractivity contribution in [2.45, 2.75) is 13.5 Å². The predicted octanol–water partition coefficient (Wildman–Crippen LogP) is 1.96. The number of nitrogens with one attached hydrogen (secondary N) is 1. The zero-order chi connectivity index (χ0) is 18.5. The molecule has 26 heavy (non-hydrogen) atoms. The number of nitriles is 1. The van der Waals surface area contributed by atoms with Gasteiger partial charge in [0.2, 0.25) is 18.6 Å². The molecule has 7 heteroatoms. The summed E-state index contributed by atoms with van der Waals surface area (Å²) in [5, 5.41) is 11.8. The first kappa shape index (κ1) is 17.3. The zero-order valence-electron chi connectivity index (χ0n) is 14.2. The number of amides is 2. The molecule has 0 bridgehead atoms. The number of hydrogen-bond donors (Lipinski definition) is 1. The third kappa shape index (κ3) is 3.92. The van der Waals surface area contributed by atoms with Gasteiger partial charge in [0.15, 0.2) is 11.5 Å². The fraction of sp³-hybridized carbons (Fsp3) is 0.211. The molecule has 0 saturated heterocycles. The highest BCUT2D eigenvalue weighted by atomic mass is 16.7. The average molecular weight is 351 g/mol. The minimum Gasteiger partial charge on any atom is -0.454 e. The normalized spacial score (nSPS) is 11.5. The van der Waals surface area contributed by atoms with Crippen molar-refractivity contribution >= 4 is 17.5 Å². The maximum Gasteiger partial charge on any atom is 0.240 e. The molecule has 1 aliphatic rings. The summed E-state index contributed by atoms with van der Waals surface area (Å²) in [5.74, 6) is 0.745. The third-order valence-corrected chi connectivity index (χ3v) is 3.90. The maximum atomic E-state index is 12.3. The van der Waals surface area contributed by atoms with Crippen LogP contribution in [-0.2, 0) is 16.1 Å². The number of anilines is 1. The largest absolute Gasteiger partial charge is 0.454 e. The van der Waals surface area contributed by atoms with Gasteiger partial charge in [-0.25, -0.2) is 0 Å². The van der Waals surface area contributed by atoms with Crippen molar-refractivity contribution in [3.05, 3.63) is 53.6 Å². The van der Waals surface area contributed by atoms with E-state index in [-0.39, 0.29) is 25.2 Å². The Labute approximate surface area is 150 Å². The van der Waals surface area contributed by atoms with E-state index >= 15 is 0 Å². The lowest BCUT2D eigenvalue weighted by Gasteiger charge is -2.21. The van der Waals surface area contributed by atoms with Crippen LogP contribution < -0.4 is 19.7 Å². The van der Waals surface area contributed by atoms with E-state index in [0.29, 0.717) is 29.3 Å². The number of carbonyl (C=O) groups excluding carboxylic acids is 2. The molecule has 0 atom stereocenters. The standard InChI is InChI=1S/C19H17N3O4/c1-13(23)22(16-4-2-3-14(7-16)9-20)11-19(24)21-10-15-5-6-17-18(8-15)26-12-25-17/h2-8H,10-12H2,1H3,(H,21,24). The molecule has 0 radical (unpaired) electrons. The highest BCUT2D eigenvalue weighted by Gasteiger charge is 2.17. The van der Waals surface area contributed by atoms with E-state index in [1.807, 2.05) is 18.2 Å². The summed E-state index contributed by atoms with van der Waals surface area (Å²) >= 11 is 0. The number of hydrogen-bond acceptors (Lipinski definition) is 5. The van der Waals surface area contributed by atoms with Crippen LogP contribution in [0.5, 0.6) is 11.5 Å². The first-order chi connectivity index (χ1) is 12.6. The van der Waals surface area contributed by atoms with E-state index < -0.39 is 0 Å². The first-order valence-electron chi connectivity index (χ1n) is 8.00. The molecule has 0 spiro atoms. The molecule has 0 fully saturated rings. The topological polar surface area (TPSA) is 91.7 Å². The summed E-state index contributed by atoms with van der Waals surface area (Å²) in [4.78, 5) is 25.5. The van der Waals surface area contributed by atoms with Gasteiger partial charge in [0.25, 0.3) is 0 Å². The fourth-order valence-corrected chi connectivity index (χ4v) is 2.58. The van der Waals surface area contributed by atoms with Crippen LogP contribution >= 0.6 is 0 Å². The number of ether oxygens (including phenoxy) is 2. The van der Waals surface area contributed by atoms with E-state index in [9.17, 15) is 9.59 Å². The smallest absolute Gasteiger partial charge is 0.240 e. The van der Waals surface area contributed by atoms with Gasteiger partial charge in [-0.1, -0.05) is 12.1 Å². The Balaban J connectivity index is 1.63. The number of fused-ring (bicyclic) bond motifs is 1. The van der Waals surface area contributed by atoms with Crippen molar-refractivity contribution in [1.82, 2.24) is 5.32 Å². The van der Waals surface area contributed by atoms with Gasteiger partial charge in [0, 0.05) is 19.2 Å². The number of nitrogens with zero attached hydrogens (tertiary/aromatic N) is 2. The van der Waals surface area contributed by atoms with Crippen molar-refractivity contribution in [2.24, 2.45) is 0 Å². The molecule has 1 heterocycles. The van der Waals surface area contributed by atoms with Crippen molar-refractivity contribution < 1.29 is 19.1 Å². The van der Waals surface area contributed by atoms with Gasteiger partial charge >= 0.3 is 0 Å². The lowest BCUT2D eigenvalue weighted by Crippen LogP contribution is -2.39. The predicted molar refractivity (Wildman–Crippen MR) is 93.6 cm³/mol. The van der Waals surface area contributed by atoms with Gasteiger partial charge in [0.1, 0.15) is 6.54 Å². The zero-order valence-corrected chi connectivity index (χ0v) is 14.2. The molecule has 2 aromatic rings. The third-order valence-electron chi connectivity index (χ3n) is 3.90. The Hall–Kier alpha value is -3.53. The Morgan fingerprint density at radius 3 is 2.77 bits per heavy atom. The van der Waals surface area contributed by atoms with Gasteiger partial charge in [-0.3, -0.25) is 9.59 Å². The Morgan fingerprint density at radius 2 is 2.00 bits per heavy atom. The summed E-state index contributed by atoms with van der Waals surface area (Å²) in [6.45, 7) is 1.75. The van der Waals surface area contributed by atoms with Crippen LogP contribution in [0.15, 0.2) is 42.5 Å². The van der Waals surface area contributed by atoms with Crippen LogP contribution in [0.2, 0.25) is 0 Å². The maximum absolute atomic E-state index is 12.3. The van der Waals surface area contributed by atoms with E-state index in [1.54, 1.807) is 30.3 Å². The van der Waals surface area contributed by atoms with Crippen LogP contribution in [0, 0.1) is 11.3 Å². The Morgan fingerprint density at radius 1 is 1.19 bits per heavy atom. The quantitative estimate of drug-likeness (QED) is 0.889. The summed E-state index contributed by atoms with van der Waals surface area (Å²) in [5.41, 5.74) is 1.80. The molecule has 1 aliphatic heterocycles. The first-order valence-corrected chi connectivity index (χ1v) is 8.00. The lowest BCUT2D eigenvalue weighted by molar-refractivity contribution is -0.123. The Bertz CT molecular complexity index is 889. The van der Waals surface area contributed by atoms with E-state index in [0.717, 1.165) is 5.56 Å². The monoisotopic (exact) mass is 351 g/mol. The average Bonchev–Trinajstić information content (AvgIpc) is 3.12. The Kier molecular flexibility index (Phi) is 5.04. The van der Waals surface area contributed by atoms with Gasteiger partial charge < -0.3 is 19.7 Å². The minimum atomic E-state index is -0.305. The molecule has 2 amide bonds. The van der Waals surface area contributed by atoms with Crippen LogP contribution in [0.3, 0.4) is 0 Å². The van der Waals surface area contributed by atoms with Gasteiger partial charge in [0.05, 0.1) is 11.6 Å². The number of benzene rings is 2. The second kappa shape index (κ2) is 7.57. The summed E-state index contributed by atoms with van der Waals surface area (Å²) < 4.78 is 10.6. The molecule has 3 rings (SSSR count). The van der Waals surface area contributed by atoms with Crippen LogP contribution in [0.25, 0.3) is 0 Å². The van der Waals surface area contributed by atoms with Crippen molar-refractivity contribution in [1.29, 1.82) is 5.26 Å². The van der Waals surface area contributed by atoms with Crippen LogP contribution in [-0.4, -0.2) is 25.2 Å². The molecule has 132 valence electrons. The van der Waals surface area contributed by atoms with Crippen LogP contribution in [0.1, 0.15) is 18.1 Å². The summed E-state index contributed by atoms with van der Waals surface area (Å²) in [6, 6.07) is 14.0. The molecule has 0 aromatic heterocycles. The molecule has 1 N–H and O–H groups in total. The van der Waals surface area contributed by atoms with Crippen LogP contribution in [0.4, 0.5) is 5.69 Å². The molecular formula is C19H17N3O4. The number of rotatable bonds is 5. The highest BCUT2D eigenvalue weighted by Crippen LogP contribution is 2.32. The van der Waals surface area contributed by atoms with Gasteiger partial charge in [-0.05, 0) is 35.9 Å². The van der Waals surface area contributed by atoms with Crippen molar-refractivity contribution in [2.75, 3.05) is 18.2 Å². The second-order valence-corrected chi connectivity index (χ2v) is 5.73.